The lowest BCUT2D eigenvalue weighted by Gasteiger charge is -2.14. The number of benzene rings is 3. The highest BCUT2D eigenvalue weighted by Crippen LogP contribution is 2.44. The van der Waals surface area contributed by atoms with Gasteiger partial charge in [0.05, 0.1) is 139 Å². The summed E-state index contributed by atoms with van der Waals surface area (Å²) in [5.41, 5.74) is 6.18. The van der Waals surface area contributed by atoms with E-state index in [1.807, 2.05) is 36.4 Å². The zero-order valence-corrected chi connectivity index (χ0v) is 41.6. The van der Waals surface area contributed by atoms with E-state index in [-0.39, 0.29) is 5.92 Å². The molecular formula is C54H83NO14. The first-order valence-corrected chi connectivity index (χ1v) is 25.4. The van der Waals surface area contributed by atoms with Gasteiger partial charge >= 0.3 is 6.09 Å². The summed E-state index contributed by atoms with van der Waals surface area (Å²) >= 11 is 0. The molecule has 0 aliphatic heterocycles. The maximum Gasteiger partial charge on any atom is 0.407 e. The molecule has 0 aromatic heterocycles. The summed E-state index contributed by atoms with van der Waals surface area (Å²) < 4.78 is 72.4. The fourth-order valence-corrected chi connectivity index (χ4v) is 7.40. The number of ether oxygens (including phenoxy) is 13. The maximum absolute atomic E-state index is 12.3. The second kappa shape index (κ2) is 41.0. The first-order valence-electron chi connectivity index (χ1n) is 25.4. The van der Waals surface area contributed by atoms with Crippen molar-refractivity contribution >= 4 is 6.09 Å². The van der Waals surface area contributed by atoms with Gasteiger partial charge in [-0.05, 0) is 59.2 Å². The van der Waals surface area contributed by atoms with Crippen molar-refractivity contribution in [3.63, 3.8) is 0 Å². The minimum atomic E-state index is -0.416. The number of aryl methyl sites for hydroxylation is 1. The van der Waals surface area contributed by atoms with Crippen LogP contribution in [0.15, 0.2) is 72.8 Å². The van der Waals surface area contributed by atoms with E-state index >= 15 is 0 Å². The van der Waals surface area contributed by atoms with E-state index in [4.69, 9.17) is 61.6 Å². The highest BCUT2D eigenvalue weighted by atomic mass is 16.6. The molecule has 1 aliphatic carbocycles. The Morgan fingerprint density at radius 1 is 0.420 bits per heavy atom. The van der Waals surface area contributed by atoms with Crippen molar-refractivity contribution in [1.29, 1.82) is 0 Å². The maximum atomic E-state index is 12.3. The quantitative estimate of drug-likeness (QED) is 0.0544. The van der Waals surface area contributed by atoms with E-state index in [9.17, 15) is 4.79 Å². The number of carbonyl (C=O) groups is 1. The Morgan fingerprint density at radius 2 is 0.797 bits per heavy atom. The van der Waals surface area contributed by atoms with Gasteiger partial charge in [0, 0.05) is 19.1 Å². The average Bonchev–Trinajstić information content (AvgIpc) is 3.70. The minimum Gasteiger partial charge on any atom is -0.491 e. The van der Waals surface area contributed by atoms with Crippen LogP contribution in [0.3, 0.4) is 0 Å². The van der Waals surface area contributed by atoms with Crippen molar-refractivity contribution in [2.75, 3.05) is 165 Å². The van der Waals surface area contributed by atoms with Gasteiger partial charge in [-0.3, -0.25) is 0 Å². The second-order valence-electron chi connectivity index (χ2n) is 16.4. The van der Waals surface area contributed by atoms with Crippen LogP contribution in [-0.4, -0.2) is 171 Å². The van der Waals surface area contributed by atoms with Crippen molar-refractivity contribution in [2.45, 2.75) is 64.2 Å². The molecule has 388 valence electrons. The molecule has 15 nitrogen and oxygen atoms in total. The number of alkyl carbamates (subject to hydrolysis) is 1. The van der Waals surface area contributed by atoms with Crippen LogP contribution in [0.2, 0.25) is 0 Å². The van der Waals surface area contributed by atoms with Crippen LogP contribution < -0.4 is 10.1 Å². The topological polar surface area (TPSA) is 149 Å². The number of rotatable bonds is 47. The third-order valence-corrected chi connectivity index (χ3v) is 11.0. The summed E-state index contributed by atoms with van der Waals surface area (Å²) in [6, 6.07) is 25.0. The molecule has 0 radical (unpaired) electrons. The summed E-state index contributed by atoms with van der Waals surface area (Å²) in [5, 5.41) is 2.81. The van der Waals surface area contributed by atoms with Crippen LogP contribution in [0.25, 0.3) is 11.1 Å². The first-order chi connectivity index (χ1) is 34.3. The number of unbranched alkanes of at least 4 members (excludes halogenated alkanes) is 5. The lowest BCUT2D eigenvalue weighted by molar-refractivity contribution is -0.0277. The Bertz CT molecular complexity index is 1620. The molecule has 0 heterocycles. The van der Waals surface area contributed by atoms with Gasteiger partial charge in [0.25, 0.3) is 0 Å². The number of hydrogen-bond donors (Lipinski definition) is 1. The molecule has 1 aliphatic rings. The molecule has 69 heavy (non-hydrogen) atoms. The molecule has 0 saturated heterocycles. The molecule has 0 atom stereocenters. The van der Waals surface area contributed by atoms with E-state index in [0.717, 1.165) is 12.2 Å². The van der Waals surface area contributed by atoms with Gasteiger partial charge in [-0.25, -0.2) is 4.79 Å². The zero-order chi connectivity index (χ0) is 48.3. The Hall–Kier alpha value is -3.71. The fraction of sp³-hybridized carbons (Fsp3) is 0.648. The summed E-state index contributed by atoms with van der Waals surface area (Å²) in [7, 11) is 0. The van der Waals surface area contributed by atoms with Crippen LogP contribution in [0.4, 0.5) is 4.79 Å². The molecule has 3 aromatic carbocycles. The van der Waals surface area contributed by atoms with E-state index in [2.05, 4.69) is 48.6 Å². The first kappa shape index (κ1) is 57.9. The van der Waals surface area contributed by atoms with E-state index in [1.54, 1.807) is 0 Å². The van der Waals surface area contributed by atoms with Crippen molar-refractivity contribution in [1.82, 2.24) is 5.32 Å². The van der Waals surface area contributed by atoms with Crippen molar-refractivity contribution in [3.05, 3.63) is 89.5 Å². The molecule has 4 rings (SSSR count). The Kier molecular flexibility index (Phi) is 34.4. The van der Waals surface area contributed by atoms with Gasteiger partial charge in [-0.15, -0.1) is 0 Å². The van der Waals surface area contributed by atoms with E-state index in [0.29, 0.717) is 172 Å². The Labute approximate surface area is 412 Å². The summed E-state index contributed by atoms with van der Waals surface area (Å²) in [6.07, 6.45) is 9.32. The average molecular weight is 970 g/mol. The summed E-state index contributed by atoms with van der Waals surface area (Å²) in [6.45, 7) is 14.5. The van der Waals surface area contributed by atoms with Crippen LogP contribution in [-0.2, 0) is 63.3 Å². The number of fused-ring (bicyclic) bond motifs is 3. The highest BCUT2D eigenvalue weighted by Gasteiger charge is 2.29. The lowest BCUT2D eigenvalue weighted by atomic mass is 9.98. The van der Waals surface area contributed by atoms with Gasteiger partial charge in [-0.2, -0.15) is 0 Å². The largest absolute Gasteiger partial charge is 0.491 e. The smallest absolute Gasteiger partial charge is 0.407 e. The Balaban J connectivity index is 0.755. The van der Waals surface area contributed by atoms with Gasteiger partial charge < -0.3 is 66.9 Å². The zero-order valence-electron chi connectivity index (χ0n) is 41.6. The van der Waals surface area contributed by atoms with E-state index < -0.39 is 6.09 Å². The van der Waals surface area contributed by atoms with Crippen LogP contribution >= 0.6 is 0 Å². The van der Waals surface area contributed by atoms with E-state index in [1.165, 1.54) is 66.3 Å². The van der Waals surface area contributed by atoms with Crippen LogP contribution in [0.1, 0.15) is 74.5 Å². The Morgan fingerprint density at radius 3 is 1.23 bits per heavy atom. The predicted octanol–water partition coefficient (Wildman–Crippen LogP) is 8.08. The molecule has 1 amide bonds. The van der Waals surface area contributed by atoms with Gasteiger partial charge in [0.15, 0.2) is 0 Å². The minimum absolute atomic E-state index is 0.0467. The van der Waals surface area contributed by atoms with Gasteiger partial charge in [0.1, 0.15) is 19.0 Å². The standard InChI is InChI=1S/C54H83NO14/c1-2-3-4-5-6-7-13-47-18-20-48(21-19-47)68-45-44-67-43-42-66-41-40-65-39-38-64-37-36-63-35-34-62-33-32-61-31-30-60-29-28-59-27-26-58-25-24-57-23-12-22-55-54(56)69-46-53-51-16-10-8-14-49(51)50-15-9-11-17-52(50)53/h8-11,14-21,53H,2-7,12-13,22-46H2,1H3,(H,55,56). The number of hydrogen-bond acceptors (Lipinski definition) is 14. The SMILES string of the molecule is CCCCCCCCc1ccc(OCCOCCOCCOCCOCCOCCOCCOCCOCCOCCOCCOCCCNC(=O)OCC2c3ccccc3-c3ccccc32)cc1. The molecule has 0 unspecified atom stereocenters. The summed E-state index contributed by atoms with van der Waals surface area (Å²) in [4.78, 5) is 12.3. The molecule has 15 heteroatoms. The highest BCUT2D eigenvalue weighted by molar-refractivity contribution is 5.79. The van der Waals surface area contributed by atoms with Crippen LogP contribution in [0.5, 0.6) is 5.75 Å². The molecular weight excluding hydrogens is 887 g/mol. The second-order valence-corrected chi connectivity index (χ2v) is 16.4. The number of carbonyl (C=O) groups excluding carboxylic acids is 1. The molecule has 0 spiro atoms. The molecule has 1 N–H and O–H groups in total. The predicted molar refractivity (Wildman–Crippen MR) is 266 cm³/mol. The van der Waals surface area contributed by atoms with Gasteiger partial charge in [-0.1, -0.05) is 99.7 Å². The van der Waals surface area contributed by atoms with Crippen molar-refractivity contribution in [2.24, 2.45) is 0 Å². The van der Waals surface area contributed by atoms with Crippen molar-refractivity contribution in [3.8, 4) is 16.9 Å². The molecule has 0 saturated carbocycles. The fourth-order valence-electron chi connectivity index (χ4n) is 7.40. The van der Waals surface area contributed by atoms with Gasteiger partial charge in [0.2, 0.25) is 0 Å². The number of amides is 1. The lowest BCUT2D eigenvalue weighted by Crippen LogP contribution is -2.27. The molecule has 0 fully saturated rings. The molecule has 3 aromatic rings. The summed E-state index contributed by atoms with van der Waals surface area (Å²) in [5.74, 6) is 0.928. The molecule has 0 bridgehead atoms. The third-order valence-electron chi connectivity index (χ3n) is 11.0. The van der Waals surface area contributed by atoms with Crippen molar-refractivity contribution < 1.29 is 66.4 Å². The third kappa shape index (κ3) is 28.1. The number of nitrogens with one attached hydrogen (secondary N) is 1. The normalized spacial score (nSPS) is 12.1. The monoisotopic (exact) mass is 970 g/mol. The van der Waals surface area contributed by atoms with Crippen LogP contribution in [0, 0.1) is 0 Å².